The zero-order chi connectivity index (χ0) is 12.3. The van der Waals surface area contributed by atoms with Crippen LogP contribution in [-0.2, 0) is 0 Å². The number of nitrogens with one attached hydrogen (secondary N) is 2. The maximum absolute atomic E-state index is 11.7. The Hall–Kier alpha value is -2.10. The van der Waals surface area contributed by atoms with Crippen molar-refractivity contribution in [2.45, 2.75) is 6.92 Å². The quantitative estimate of drug-likeness (QED) is 0.846. The van der Waals surface area contributed by atoms with Crippen LogP contribution in [0.5, 0.6) is 0 Å². The van der Waals surface area contributed by atoms with Gasteiger partial charge in [0.15, 0.2) is 0 Å². The maximum Gasteiger partial charge on any atom is 0.253 e. The molecule has 0 aliphatic carbocycles. The van der Waals surface area contributed by atoms with Crippen LogP contribution in [0, 0.1) is 0 Å². The molecule has 0 saturated heterocycles. The summed E-state index contributed by atoms with van der Waals surface area (Å²) in [5, 5.41) is 7.70. The van der Waals surface area contributed by atoms with E-state index in [1.54, 1.807) is 13.2 Å². The highest BCUT2D eigenvalue weighted by atomic mass is 16.1. The van der Waals surface area contributed by atoms with Gasteiger partial charge < -0.3 is 10.6 Å². The lowest BCUT2D eigenvalue weighted by molar-refractivity contribution is 0.0964. The fraction of sp³-hybridized carbons (Fsp3) is 0.231. The van der Waals surface area contributed by atoms with Crippen molar-refractivity contribution >= 4 is 22.5 Å². The number of carbonyl (C=O) groups excluding carboxylic acids is 1. The molecule has 0 unspecified atom stereocenters. The number of rotatable bonds is 3. The molecule has 0 atom stereocenters. The van der Waals surface area contributed by atoms with Gasteiger partial charge in [0.25, 0.3) is 5.91 Å². The molecule has 0 fully saturated rings. The first kappa shape index (κ1) is 11.4. The number of anilines is 1. The summed E-state index contributed by atoms with van der Waals surface area (Å²) in [5.74, 6) is 0.701. The molecule has 0 aliphatic heterocycles. The Labute approximate surface area is 100 Å². The molecule has 17 heavy (non-hydrogen) atoms. The second-order valence-electron chi connectivity index (χ2n) is 3.68. The van der Waals surface area contributed by atoms with Crippen LogP contribution in [0.15, 0.2) is 30.5 Å². The van der Waals surface area contributed by atoms with Crippen molar-refractivity contribution in [2.24, 2.45) is 0 Å². The van der Waals surface area contributed by atoms with Gasteiger partial charge >= 0.3 is 0 Å². The highest BCUT2D eigenvalue weighted by molar-refractivity contribution is 6.09. The fourth-order valence-electron chi connectivity index (χ4n) is 1.82. The van der Waals surface area contributed by atoms with Gasteiger partial charge in [-0.15, -0.1) is 0 Å². The minimum atomic E-state index is -0.114. The SMILES string of the molecule is CCNc1ncc(C(=O)NC)c2ccccc12. The van der Waals surface area contributed by atoms with Crippen LogP contribution in [0.3, 0.4) is 0 Å². The summed E-state index contributed by atoms with van der Waals surface area (Å²) in [6.45, 7) is 2.82. The summed E-state index contributed by atoms with van der Waals surface area (Å²) in [7, 11) is 1.62. The van der Waals surface area contributed by atoms with Crippen LogP contribution in [0.4, 0.5) is 5.82 Å². The van der Waals surface area contributed by atoms with Gasteiger partial charge in [-0.3, -0.25) is 4.79 Å². The summed E-state index contributed by atoms with van der Waals surface area (Å²) in [5.41, 5.74) is 0.602. The second-order valence-corrected chi connectivity index (χ2v) is 3.68. The van der Waals surface area contributed by atoms with Gasteiger partial charge in [-0.1, -0.05) is 24.3 Å². The molecule has 2 aromatic rings. The number of hydrogen-bond donors (Lipinski definition) is 2. The second kappa shape index (κ2) is 4.82. The minimum Gasteiger partial charge on any atom is -0.370 e. The number of aromatic nitrogens is 1. The number of benzene rings is 1. The van der Waals surface area contributed by atoms with E-state index < -0.39 is 0 Å². The zero-order valence-corrected chi connectivity index (χ0v) is 9.95. The highest BCUT2D eigenvalue weighted by Gasteiger charge is 2.11. The molecule has 0 aliphatic rings. The van der Waals surface area contributed by atoms with Crippen molar-refractivity contribution in [3.05, 3.63) is 36.0 Å². The van der Waals surface area contributed by atoms with E-state index in [0.717, 1.165) is 23.1 Å². The third-order valence-corrected chi connectivity index (χ3v) is 2.61. The van der Waals surface area contributed by atoms with E-state index in [1.165, 1.54) is 0 Å². The summed E-state index contributed by atoms with van der Waals surface area (Å²) < 4.78 is 0. The molecule has 1 aromatic heterocycles. The summed E-state index contributed by atoms with van der Waals surface area (Å²) in [6.07, 6.45) is 1.61. The third kappa shape index (κ3) is 2.06. The molecule has 1 aromatic carbocycles. The van der Waals surface area contributed by atoms with Gasteiger partial charge in [-0.2, -0.15) is 0 Å². The van der Waals surface area contributed by atoms with Gasteiger partial charge in [0, 0.05) is 25.2 Å². The first-order chi connectivity index (χ1) is 8.27. The van der Waals surface area contributed by atoms with Crippen LogP contribution in [0.1, 0.15) is 17.3 Å². The van der Waals surface area contributed by atoms with Crippen molar-refractivity contribution in [1.29, 1.82) is 0 Å². The number of hydrogen-bond acceptors (Lipinski definition) is 3. The topological polar surface area (TPSA) is 54.0 Å². The van der Waals surface area contributed by atoms with Crippen molar-refractivity contribution in [1.82, 2.24) is 10.3 Å². The molecule has 0 saturated carbocycles. The van der Waals surface area contributed by atoms with Crippen LogP contribution in [0.25, 0.3) is 10.8 Å². The van der Waals surface area contributed by atoms with E-state index >= 15 is 0 Å². The molecule has 0 bridgehead atoms. The lowest BCUT2D eigenvalue weighted by Crippen LogP contribution is -2.18. The maximum atomic E-state index is 11.7. The lowest BCUT2D eigenvalue weighted by atomic mass is 10.1. The first-order valence-electron chi connectivity index (χ1n) is 5.61. The predicted molar refractivity (Wildman–Crippen MR) is 69.3 cm³/mol. The Bertz CT molecular complexity index is 551. The number of amides is 1. The number of carbonyl (C=O) groups is 1. The van der Waals surface area contributed by atoms with Crippen molar-refractivity contribution in [2.75, 3.05) is 18.9 Å². The van der Waals surface area contributed by atoms with Crippen LogP contribution < -0.4 is 10.6 Å². The molecule has 2 N–H and O–H groups in total. The molecule has 4 nitrogen and oxygen atoms in total. The molecule has 88 valence electrons. The van der Waals surface area contributed by atoms with E-state index in [2.05, 4.69) is 15.6 Å². The van der Waals surface area contributed by atoms with E-state index in [-0.39, 0.29) is 5.91 Å². The average molecular weight is 229 g/mol. The molecule has 1 amide bonds. The Balaban J connectivity index is 2.66. The summed E-state index contributed by atoms with van der Waals surface area (Å²) in [4.78, 5) is 16.0. The zero-order valence-electron chi connectivity index (χ0n) is 9.95. The number of fused-ring (bicyclic) bond motifs is 1. The van der Waals surface area contributed by atoms with Crippen LogP contribution in [0.2, 0.25) is 0 Å². The lowest BCUT2D eigenvalue weighted by Gasteiger charge is -2.10. The summed E-state index contributed by atoms with van der Waals surface area (Å²) in [6, 6.07) is 7.76. The van der Waals surface area contributed by atoms with Gasteiger partial charge in [0.1, 0.15) is 5.82 Å². The van der Waals surface area contributed by atoms with Gasteiger partial charge in [0.2, 0.25) is 0 Å². The average Bonchev–Trinajstić information content (AvgIpc) is 2.38. The molecular weight excluding hydrogens is 214 g/mol. The molecule has 2 rings (SSSR count). The predicted octanol–water partition coefficient (Wildman–Crippen LogP) is 2.03. The standard InChI is InChI=1S/C13H15N3O/c1-3-15-12-10-7-5-4-6-9(10)11(8-16-12)13(17)14-2/h4-8H,3H2,1-2H3,(H,14,17)(H,15,16). The summed E-state index contributed by atoms with van der Waals surface area (Å²) >= 11 is 0. The normalized spacial score (nSPS) is 10.2. The fourth-order valence-corrected chi connectivity index (χ4v) is 1.82. The molecular formula is C13H15N3O. The van der Waals surface area contributed by atoms with Crippen molar-refractivity contribution in [3.8, 4) is 0 Å². The Morgan fingerprint density at radius 2 is 2.00 bits per heavy atom. The number of nitrogens with zero attached hydrogens (tertiary/aromatic N) is 1. The number of pyridine rings is 1. The molecule has 0 spiro atoms. The minimum absolute atomic E-state index is 0.114. The van der Waals surface area contributed by atoms with Crippen molar-refractivity contribution < 1.29 is 4.79 Å². The van der Waals surface area contributed by atoms with E-state index in [0.29, 0.717) is 5.56 Å². The smallest absolute Gasteiger partial charge is 0.253 e. The van der Waals surface area contributed by atoms with Gasteiger partial charge in [0.05, 0.1) is 5.56 Å². The monoisotopic (exact) mass is 229 g/mol. The van der Waals surface area contributed by atoms with E-state index in [1.807, 2.05) is 31.2 Å². The van der Waals surface area contributed by atoms with E-state index in [9.17, 15) is 4.79 Å². The first-order valence-corrected chi connectivity index (χ1v) is 5.61. The van der Waals surface area contributed by atoms with Crippen LogP contribution in [-0.4, -0.2) is 24.5 Å². The Kier molecular flexibility index (Phi) is 3.23. The molecule has 4 heteroatoms. The van der Waals surface area contributed by atoms with Crippen LogP contribution >= 0.6 is 0 Å². The van der Waals surface area contributed by atoms with Gasteiger partial charge in [-0.25, -0.2) is 4.98 Å². The third-order valence-electron chi connectivity index (χ3n) is 2.61. The highest BCUT2D eigenvalue weighted by Crippen LogP contribution is 2.24. The Morgan fingerprint density at radius 1 is 1.29 bits per heavy atom. The van der Waals surface area contributed by atoms with E-state index in [4.69, 9.17) is 0 Å². The Morgan fingerprint density at radius 3 is 2.65 bits per heavy atom. The van der Waals surface area contributed by atoms with Gasteiger partial charge in [-0.05, 0) is 12.3 Å². The molecule has 0 radical (unpaired) electrons. The van der Waals surface area contributed by atoms with Crippen molar-refractivity contribution in [3.63, 3.8) is 0 Å². The molecule has 1 heterocycles. The largest absolute Gasteiger partial charge is 0.370 e.